The van der Waals surface area contributed by atoms with Crippen LogP contribution in [0.3, 0.4) is 0 Å². The van der Waals surface area contributed by atoms with Gasteiger partial charge in [0.15, 0.2) is 0 Å². The van der Waals surface area contributed by atoms with Crippen LogP contribution in [0.15, 0.2) is 194 Å². The second-order valence-corrected chi connectivity index (χ2v) is 22.9. The minimum Gasteiger partial charge on any atom is -0.311 e. The maximum Gasteiger partial charge on any atom is 0.252 e. The lowest BCUT2D eigenvalue weighted by Crippen LogP contribution is -2.60. The number of aromatic nitrogens is 2. The molecular formula is C68H50BN3. The fraction of sp³-hybridized carbons (Fsp3) is 0.118. The Morgan fingerprint density at radius 2 is 0.958 bits per heavy atom. The highest BCUT2D eigenvalue weighted by molar-refractivity contribution is 7.00. The summed E-state index contributed by atoms with van der Waals surface area (Å²) in [5.74, 6) is 0. The summed E-state index contributed by atoms with van der Waals surface area (Å²) in [7, 11) is 0. The first-order valence-corrected chi connectivity index (χ1v) is 25.7. The van der Waals surface area contributed by atoms with Crippen LogP contribution in [0.2, 0.25) is 0 Å². The third-order valence-electron chi connectivity index (χ3n) is 16.9. The largest absolute Gasteiger partial charge is 0.311 e. The molecule has 3 aliphatic rings. The SMILES string of the molecule is CC(C)(C)c1ccc2c(c1)B1c3c(cc(-n4c5cccc6c5c5c7c(cccc7ccc54)-c4ccccc4-6)cc3-n3c4c1cc(C(C)(C)C)cc4c1ccc4ccccc4c13)N2c1cccc2ccccc12. The molecule has 340 valence electrons. The number of rotatable bonds is 2. The third kappa shape index (κ3) is 5.16. The van der Waals surface area contributed by atoms with Gasteiger partial charge in [-0.05, 0) is 125 Å². The van der Waals surface area contributed by atoms with Crippen LogP contribution in [-0.2, 0) is 10.8 Å². The van der Waals surface area contributed by atoms with Crippen molar-refractivity contribution in [3.63, 3.8) is 0 Å². The Morgan fingerprint density at radius 1 is 0.347 bits per heavy atom. The van der Waals surface area contributed by atoms with E-state index in [4.69, 9.17) is 0 Å². The van der Waals surface area contributed by atoms with Crippen molar-refractivity contribution in [3.8, 4) is 33.6 Å². The highest BCUT2D eigenvalue weighted by Crippen LogP contribution is 2.52. The fourth-order valence-electron chi connectivity index (χ4n) is 13.6. The van der Waals surface area contributed by atoms with Crippen LogP contribution < -0.4 is 21.3 Å². The average Bonchev–Trinajstić information content (AvgIpc) is 3.89. The Hall–Kier alpha value is -8.34. The van der Waals surface area contributed by atoms with Gasteiger partial charge < -0.3 is 14.0 Å². The molecule has 72 heavy (non-hydrogen) atoms. The van der Waals surface area contributed by atoms with Crippen molar-refractivity contribution in [1.82, 2.24) is 9.13 Å². The third-order valence-corrected chi connectivity index (χ3v) is 16.9. The van der Waals surface area contributed by atoms with Gasteiger partial charge in [-0.25, -0.2) is 0 Å². The molecule has 11 aromatic carbocycles. The zero-order valence-corrected chi connectivity index (χ0v) is 41.4. The zero-order chi connectivity index (χ0) is 48.1. The molecule has 16 rings (SSSR count). The minimum atomic E-state index is -0.0782. The molecule has 4 heteroatoms. The van der Waals surface area contributed by atoms with E-state index in [1.807, 2.05) is 0 Å². The van der Waals surface area contributed by atoms with Gasteiger partial charge in [0.2, 0.25) is 0 Å². The van der Waals surface area contributed by atoms with Gasteiger partial charge in [-0.15, -0.1) is 0 Å². The van der Waals surface area contributed by atoms with E-state index in [9.17, 15) is 0 Å². The molecule has 0 bridgehead atoms. The summed E-state index contributed by atoms with van der Waals surface area (Å²) >= 11 is 0. The van der Waals surface area contributed by atoms with E-state index in [0.29, 0.717) is 0 Å². The molecule has 0 atom stereocenters. The fourth-order valence-corrected chi connectivity index (χ4v) is 13.6. The van der Waals surface area contributed by atoms with Crippen molar-refractivity contribution in [1.29, 1.82) is 0 Å². The van der Waals surface area contributed by atoms with Gasteiger partial charge in [-0.2, -0.15) is 0 Å². The summed E-state index contributed by atoms with van der Waals surface area (Å²) in [4.78, 5) is 2.63. The number of fused-ring (bicyclic) bond motifs is 13. The van der Waals surface area contributed by atoms with Crippen LogP contribution in [0.1, 0.15) is 52.7 Å². The number of anilines is 3. The summed E-state index contributed by atoms with van der Waals surface area (Å²) in [5, 5.41) is 12.8. The van der Waals surface area contributed by atoms with Gasteiger partial charge in [0, 0.05) is 54.9 Å². The number of benzene rings is 11. The first-order chi connectivity index (χ1) is 35.0. The normalized spacial score (nSPS) is 13.6. The maximum absolute atomic E-state index is 2.69. The zero-order valence-electron chi connectivity index (χ0n) is 41.4. The smallest absolute Gasteiger partial charge is 0.252 e. The van der Waals surface area contributed by atoms with Crippen molar-refractivity contribution in [2.75, 3.05) is 4.90 Å². The van der Waals surface area contributed by atoms with Crippen molar-refractivity contribution < 1.29 is 0 Å². The molecule has 0 unspecified atom stereocenters. The van der Waals surface area contributed by atoms with Crippen molar-refractivity contribution in [2.24, 2.45) is 0 Å². The summed E-state index contributed by atoms with van der Waals surface area (Å²) < 4.78 is 5.29. The highest BCUT2D eigenvalue weighted by atomic mass is 15.2. The second-order valence-electron chi connectivity index (χ2n) is 22.9. The van der Waals surface area contributed by atoms with E-state index in [0.717, 1.165) is 5.69 Å². The molecule has 0 saturated carbocycles. The van der Waals surface area contributed by atoms with E-state index in [1.54, 1.807) is 0 Å². The monoisotopic (exact) mass is 919 g/mol. The Morgan fingerprint density at radius 3 is 1.75 bits per heavy atom. The summed E-state index contributed by atoms with van der Waals surface area (Å²) in [6.45, 7) is 14.2. The minimum absolute atomic E-state index is 0.0289. The van der Waals surface area contributed by atoms with E-state index < -0.39 is 0 Å². The summed E-state index contributed by atoms with van der Waals surface area (Å²) in [6, 6.07) is 74.8. The Bertz CT molecular complexity index is 4600. The molecule has 2 aliphatic heterocycles. The maximum atomic E-state index is 2.69. The van der Waals surface area contributed by atoms with Crippen LogP contribution in [0.4, 0.5) is 17.1 Å². The molecule has 4 heterocycles. The van der Waals surface area contributed by atoms with Crippen LogP contribution in [0.25, 0.3) is 110 Å². The van der Waals surface area contributed by atoms with E-state index >= 15 is 0 Å². The molecule has 0 N–H and O–H groups in total. The molecule has 0 amide bonds. The van der Waals surface area contributed by atoms with Gasteiger partial charge in [-0.1, -0.05) is 193 Å². The molecule has 1 aliphatic carbocycles. The quantitative estimate of drug-likeness (QED) is 0.158. The predicted molar refractivity (Wildman–Crippen MR) is 309 cm³/mol. The molecule has 0 fully saturated rings. The summed E-state index contributed by atoms with van der Waals surface area (Å²) in [6.07, 6.45) is 0. The Kier molecular flexibility index (Phi) is 7.71. The molecule has 0 spiro atoms. The van der Waals surface area contributed by atoms with Gasteiger partial charge in [-0.3, -0.25) is 0 Å². The van der Waals surface area contributed by atoms with Gasteiger partial charge in [0.25, 0.3) is 6.71 Å². The molecule has 0 saturated heterocycles. The lowest BCUT2D eigenvalue weighted by Gasteiger charge is -2.42. The number of hydrogen-bond donors (Lipinski definition) is 0. The molecule has 2 aromatic heterocycles. The number of hydrogen-bond acceptors (Lipinski definition) is 1. The lowest BCUT2D eigenvalue weighted by molar-refractivity contribution is 0.591. The topological polar surface area (TPSA) is 13.1 Å². The standard InChI is InChI=1S/C68H50BN3/c1-67(2,3)42-30-33-56-53(35-42)69-54-36-43(68(4,5)6)34-52-51-31-28-40-17-8-10-21-46(40)65(51)72(66(52)54)60-38-44(37-59(64(60)69)71(56)55-26-14-18-39-16-7-9-20-45(39)55)70-57-27-15-25-50-48-23-12-11-22-47(48)49-24-13-19-41-29-32-58(70)63(61(41)49)62(50)57/h7-38H,1-6H3. The molecule has 3 nitrogen and oxygen atoms in total. The van der Waals surface area contributed by atoms with Crippen LogP contribution >= 0.6 is 0 Å². The first-order valence-electron chi connectivity index (χ1n) is 25.7. The van der Waals surface area contributed by atoms with Crippen LogP contribution in [0, 0.1) is 0 Å². The van der Waals surface area contributed by atoms with Gasteiger partial charge in [0.1, 0.15) is 0 Å². The van der Waals surface area contributed by atoms with Crippen molar-refractivity contribution >= 4 is 116 Å². The Balaban J connectivity index is 1.13. The first kappa shape index (κ1) is 40.4. The predicted octanol–water partition coefficient (Wildman–Crippen LogP) is 16.2. The number of nitrogens with zero attached hydrogens (tertiary/aromatic N) is 3. The highest BCUT2D eigenvalue weighted by Gasteiger charge is 2.44. The van der Waals surface area contributed by atoms with Gasteiger partial charge >= 0.3 is 0 Å². The van der Waals surface area contributed by atoms with Gasteiger partial charge in [0.05, 0.1) is 27.9 Å². The average molecular weight is 920 g/mol. The van der Waals surface area contributed by atoms with Crippen LogP contribution in [-0.4, -0.2) is 15.8 Å². The van der Waals surface area contributed by atoms with E-state index in [2.05, 4.69) is 250 Å². The second kappa shape index (κ2) is 13.7. The Labute approximate surface area is 419 Å². The lowest BCUT2D eigenvalue weighted by atomic mass is 9.33. The van der Waals surface area contributed by atoms with Crippen molar-refractivity contribution in [2.45, 2.75) is 52.4 Å². The molecule has 0 radical (unpaired) electrons. The molecular weight excluding hydrogens is 870 g/mol. The van der Waals surface area contributed by atoms with Crippen molar-refractivity contribution in [3.05, 3.63) is 205 Å². The summed E-state index contributed by atoms with van der Waals surface area (Å²) in [5.41, 5.74) is 22.8. The van der Waals surface area contributed by atoms with E-state index in [1.165, 1.54) is 148 Å². The van der Waals surface area contributed by atoms with E-state index in [-0.39, 0.29) is 17.5 Å². The van der Waals surface area contributed by atoms with Crippen LogP contribution in [0.5, 0.6) is 0 Å². The molecule has 13 aromatic rings.